The van der Waals surface area contributed by atoms with E-state index in [9.17, 15) is 15.2 Å². The first-order valence-electron chi connectivity index (χ1n) is 9.54. The lowest BCUT2D eigenvalue weighted by atomic mass is 10.1. The van der Waals surface area contributed by atoms with E-state index in [0.29, 0.717) is 23.6 Å². The Morgan fingerprint density at radius 3 is 2.42 bits per heavy atom. The van der Waals surface area contributed by atoms with Crippen molar-refractivity contribution in [2.24, 2.45) is 10.2 Å². The van der Waals surface area contributed by atoms with Gasteiger partial charge >= 0.3 is 0 Å². The van der Waals surface area contributed by atoms with Gasteiger partial charge < -0.3 is 14.6 Å². The van der Waals surface area contributed by atoms with Crippen molar-refractivity contribution in [3.05, 3.63) is 75.6 Å². The average molecular weight is 418 g/mol. The van der Waals surface area contributed by atoms with Crippen molar-refractivity contribution in [2.45, 2.75) is 19.9 Å². The Labute approximate surface area is 179 Å². The maximum absolute atomic E-state index is 13.0. The molecule has 31 heavy (non-hydrogen) atoms. The normalized spacial score (nSPS) is 10.8. The molecule has 1 N–H and O–H groups in total. The zero-order valence-corrected chi connectivity index (χ0v) is 17.5. The molecule has 158 valence electrons. The smallest absolute Gasteiger partial charge is 0.281 e. The molecule has 0 unspecified atom stereocenters. The van der Waals surface area contributed by atoms with E-state index in [4.69, 9.17) is 9.47 Å². The number of hydrogen-bond acceptors (Lipinski definition) is 7. The Hall–Kier alpha value is -4.12. The van der Waals surface area contributed by atoms with Gasteiger partial charge in [-0.25, -0.2) is 0 Å². The second kappa shape index (κ2) is 9.59. The molecule has 0 fully saturated rings. The third-order valence-electron chi connectivity index (χ3n) is 4.86. The summed E-state index contributed by atoms with van der Waals surface area (Å²) in [6, 6.07) is 16.3. The van der Waals surface area contributed by atoms with Crippen molar-refractivity contribution in [3.8, 4) is 23.4 Å². The first-order chi connectivity index (χ1) is 15.0. The SMILES string of the molecule is COc1ccc(CCn2c(O)c(C#N)c(C)c(N=Nc3ccccc3)c2=O)cc1OC. The van der Waals surface area contributed by atoms with Gasteiger partial charge in [0.05, 0.1) is 19.9 Å². The number of hydrogen-bond donors (Lipinski definition) is 1. The van der Waals surface area contributed by atoms with Gasteiger partial charge in [0.15, 0.2) is 17.2 Å². The fourth-order valence-corrected chi connectivity index (χ4v) is 3.14. The molecule has 0 aliphatic heterocycles. The molecule has 0 aliphatic carbocycles. The molecule has 0 saturated heterocycles. The van der Waals surface area contributed by atoms with Crippen LogP contribution < -0.4 is 15.0 Å². The highest BCUT2D eigenvalue weighted by Crippen LogP contribution is 2.29. The van der Waals surface area contributed by atoms with Crippen molar-refractivity contribution >= 4 is 11.4 Å². The molecule has 0 spiro atoms. The predicted molar refractivity (Wildman–Crippen MR) is 116 cm³/mol. The van der Waals surface area contributed by atoms with Gasteiger partial charge in [0.25, 0.3) is 5.56 Å². The summed E-state index contributed by atoms with van der Waals surface area (Å²) < 4.78 is 11.7. The summed E-state index contributed by atoms with van der Waals surface area (Å²) in [4.78, 5) is 13.0. The molecule has 0 aliphatic rings. The maximum atomic E-state index is 13.0. The fraction of sp³-hybridized carbons (Fsp3) is 0.217. The zero-order valence-electron chi connectivity index (χ0n) is 17.5. The van der Waals surface area contributed by atoms with E-state index in [0.717, 1.165) is 10.1 Å². The number of aromatic nitrogens is 1. The van der Waals surface area contributed by atoms with Crippen molar-refractivity contribution in [1.29, 1.82) is 5.26 Å². The lowest BCUT2D eigenvalue weighted by molar-refractivity contribution is 0.354. The van der Waals surface area contributed by atoms with Crippen LogP contribution in [0.5, 0.6) is 17.4 Å². The highest BCUT2D eigenvalue weighted by Gasteiger charge is 2.19. The second-order valence-electron chi connectivity index (χ2n) is 6.72. The summed E-state index contributed by atoms with van der Waals surface area (Å²) in [6.45, 7) is 1.71. The third-order valence-corrected chi connectivity index (χ3v) is 4.86. The highest BCUT2D eigenvalue weighted by atomic mass is 16.5. The van der Waals surface area contributed by atoms with Crippen LogP contribution in [0.25, 0.3) is 0 Å². The summed E-state index contributed by atoms with van der Waals surface area (Å²) in [6.07, 6.45) is 0.414. The largest absolute Gasteiger partial charge is 0.493 e. The number of azo groups is 1. The number of nitriles is 1. The van der Waals surface area contributed by atoms with Crippen LogP contribution in [0.4, 0.5) is 11.4 Å². The van der Waals surface area contributed by atoms with Gasteiger partial charge in [-0.05, 0) is 43.2 Å². The number of ether oxygens (including phenoxy) is 2. The monoisotopic (exact) mass is 418 g/mol. The number of aromatic hydroxyl groups is 1. The Morgan fingerprint density at radius 1 is 1.06 bits per heavy atom. The lowest BCUT2D eigenvalue weighted by Gasteiger charge is -2.14. The fourth-order valence-electron chi connectivity index (χ4n) is 3.14. The Bertz CT molecular complexity index is 1210. The van der Waals surface area contributed by atoms with Crippen molar-refractivity contribution in [2.75, 3.05) is 14.2 Å². The predicted octanol–water partition coefficient (Wildman–Crippen LogP) is 4.41. The Balaban J connectivity index is 1.98. The summed E-state index contributed by atoms with van der Waals surface area (Å²) in [5.74, 6) is 0.775. The van der Waals surface area contributed by atoms with Gasteiger partial charge in [-0.3, -0.25) is 9.36 Å². The molecule has 1 heterocycles. The van der Waals surface area contributed by atoms with Crippen LogP contribution in [0.3, 0.4) is 0 Å². The summed E-state index contributed by atoms with van der Waals surface area (Å²) in [5, 5.41) is 28.2. The molecule has 8 heteroatoms. The number of aryl methyl sites for hydroxylation is 1. The van der Waals surface area contributed by atoms with Crippen LogP contribution in [-0.4, -0.2) is 23.9 Å². The second-order valence-corrected chi connectivity index (χ2v) is 6.72. The van der Waals surface area contributed by atoms with Crippen molar-refractivity contribution in [1.82, 2.24) is 4.57 Å². The number of benzene rings is 2. The molecule has 2 aromatic carbocycles. The Morgan fingerprint density at radius 2 is 1.77 bits per heavy atom. The Kier molecular flexibility index (Phi) is 6.67. The molecule has 8 nitrogen and oxygen atoms in total. The average Bonchev–Trinajstić information content (AvgIpc) is 2.79. The van der Waals surface area contributed by atoms with E-state index in [1.807, 2.05) is 18.2 Å². The molecule has 0 amide bonds. The topological polar surface area (TPSA) is 109 Å². The van der Waals surface area contributed by atoms with Gasteiger partial charge in [0, 0.05) is 12.1 Å². The quantitative estimate of drug-likeness (QED) is 0.572. The molecule has 1 aromatic heterocycles. The summed E-state index contributed by atoms with van der Waals surface area (Å²) in [7, 11) is 3.09. The van der Waals surface area contributed by atoms with Gasteiger partial charge in [-0.2, -0.15) is 10.4 Å². The summed E-state index contributed by atoms with van der Waals surface area (Å²) in [5.41, 5.74) is 1.22. The van der Waals surface area contributed by atoms with E-state index < -0.39 is 5.56 Å². The molecule has 0 radical (unpaired) electrons. The third kappa shape index (κ3) is 4.56. The maximum Gasteiger partial charge on any atom is 0.281 e. The highest BCUT2D eigenvalue weighted by molar-refractivity contribution is 5.56. The molecular formula is C23H22N4O4. The number of methoxy groups -OCH3 is 2. The van der Waals surface area contributed by atoms with Crippen LogP contribution in [0, 0.1) is 18.3 Å². The number of nitrogens with zero attached hydrogens (tertiary/aromatic N) is 4. The van der Waals surface area contributed by atoms with E-state index in [1.54, 1.807) is 57.5 Å². The van der Waals surface area contributed by atoms with Gasteiger partial charge in [0.2, 0.25) is 5.88 Å². The summed E-state index contributed by atoms with van der Waals surface area (Å²) >= 11 is 0. The van der Waals surface area contributed by atoms with Crippen LogP contribution >= 0.6 is 0 Å². The van der Waals surface area contributed by atoms with Crippen LogP contribution in [0.2, 0.25) is 0 Å². The van der Waals surface area contributed by atoms with Crippen LogP contribution in [-0.2, 0) is 13.0 Å². The molecule has 0 bridgehead atoms. The number of rotatable bonds is 7. The minimum atomic E-state index is -0.519. The van der Waals surface area contributed by atoms with E-state index in [2.05, 4.69) is 10.2 Å². The minimum Gasteiger partial charge on any atom is -0.493 e. The molecule has 0 atom stereocenters. The standard InChI is InChI=1S/C23H22N4O4/c1-15-18(14-24)22(28)27(12-11-16-9-10-19(30-2)20(13-16)31-3)23(29)21(15)26-25-17-7-5-4-6-8-17/h4-10,13,28H,11-12H2,1-3H3. The van der Waals surface area contributed by atoms with Gasteiger partial charge in [0.1, 0.15) is 11.6 Å². The van der Waals surface area contributed by atoms with E-state index in [-0.39, 0.29) is 29.2 Å². The van der Waals surface area contributed by atoms with E-state index in [1.165, 1.54) is 0 Å². The zero-order chi connectivity index (χ0) is 22.4. The van der Waals surface area contributed by atoms with Crippen LogP contribution in [0.1, 0.15) is 16.7 Å². The molecule has 3 rings (SSSR count). The first kappa shape index (κ1) is 21.6. The van der Waals surface area contributed by atoms with E-state index >= 15 is 0 Å². The molecule has 3 aromatic rings. The van der Waals surface area contributed by atoms with Crippen molar-refractivity contribution in [3.63, 3.8) is 0 Å². The van der Waals surface area contributed by atoms with Gasteiger partial charge in [-0.1, -0.05) is 24.3 Å². The number of pyridine rings is 1. The molecule has 0 saturated carbocycles. The lowest BCUT2D eigenvalue weighted by Crippen LogP contribution is -2.23. The van der Waals surface area contributed by atoms with Gasteiger partial charge in [-0.15, -0.1) is 5.11 Å². The first-order valence-corrected chi connectivity index (χ1v) is 9.54. The molecular weight excluding hydrogens is 396 g/mol. The van der Waals surface area contributed by atoms with Crippen molar-refractivity contribution < 1.29 is 14.6 Å². The minimum absolute atomic E-state index is 0.00563. The van der Waals surface area contributed by atoms with Crippen LogP contribution in [0.15, 0.2) is 63.6 Å².